The Morgan fingerprint density at radius 2 is 1.52 bits per heavy atom. The van der Waals surface area contributed by atoms with Gasteiger partial charge in [-0.3, -0.25) is 14.4 Å². The first-order valence-electron chi connectivity index (χ1n) is 7.66. The average molecular weight is 451 g/mol. The molecule has 0 aliphatic carbocycles. The molecule has 0 unspecified atom stereocenters. The van der Waals surface area contributed by atoms with E-state index in [-0.39, 0.29) is 17.7 Å². The van der Waals surface area contributed by atoms with E-state index in [1.165, 1.54) is 6.92 Å². The van der Waals surface area contributed by atoms with Crippen molar-refractivity contribution in [3.05, 3.63) is 63.2 Å². The lowest BCUT2D eigenvalue weighted by Crippen LogP contribution is -2.33. The van der Waals surface area contributed by atoms with Gasteiger partial charge in [0.2, 0.25) is 5.91 Å². The number of hydrogen-bond acceptors (Lipinski definition) is 3. The van der Waals surface area contributed by atoms with Gasteiger partial charge in [0.1, 0.15) is 0 Å². The predicted molar refractivity (Wildman–Crippen MR) is 105 cm³/mol. The second-order valence-corrected chi connectivity index (χ2v) is 6.41. The first-order valence-corrected chi connectivity index (χ1v) is 8.74. The number of carbonyl (C=O) groups excluding carboxylic acids is 3. The van der Waals surface area contributed by atoms with Crippen LogP contribution >= 0.6 is 22.6 Å². The Kier molecular flexibility index (Phi) is 6.93. The maximum Gasteiger partial charge on any atom is 0.256 e. The van der Waals surface area contributed by atoms with E-state index in [0.29, 0.717) is 29.9 Å². The van der Waals surface area contributed by atoms with Crippen molar-refractivity contribution >= 4 is 46.0 Å². The van der Waals surface area contributed by atoms with Gasteiger partial charge in [-0.1, -0.05) is 12.1 Å². The molecule has 7 heteroatoms. The summed E-state index contributed by atoms with van der Waals surface area (Å²) in [6, 6.07) is 13.9. The van der Waals surface area contributed by atoms with Crippen LogP contribution in [-0.2, 0) is 4.79 Å². The van der Waals surface area contributed by atoms with Crippen LogP contribution in [0.1, 0.15) is 27.6 Å². The van der Waals surface area contributed by atoms with Gasteiger partial charge in [-0.15, -0.1) is 0 Å². The minimum atomic E-state index is -0.235. The predicted octanol–water partition coefficient (Wildman–Crippen LogP) is 2.41. The molecule has 0 heterocycles. The molecule has 2 aromatic rings. The molecule has 0 saturated heterocycles. The standard InChI is InChI=1S/C18H18IN3O3/c1-12(23)20-10-11-21-17(24)13-6-8-14(9-7-13)22-18(25)15-4-2-3-5-16(15)19/h2-9H,10-11H2,1H3,(H,20,23)(H,21,24)(H,22,25). The lowest BCUT2D eigenvalue weighted by Gasteiger charge is -2.08. The van der Waals surface area contributed by atoms with Crippen molar-refractivity contribution in [3.63, 3.8) is 0 Å². The summed E-state index contributed by atoms with van der Waals surface area (Å²) in [5.74, 6) is -0.569. The summed E-state index contributed by atoms with van der Waals surface area (Å²) in [5, 5.41) is 8.11. The third-order valence-corrected chi connectivity index (χ3v) is 4.25. The molecular weight excluding hydrogens is 433 g/mol. The van der Waals surface area contributed by atoms with Crippen LogP contribution in [0.2, 0.25) is 0 Å². The molecule has 130 valence electrons. The number of halogens is 1. The number of rotatable bonds is 6. The van der Waals surface area contributed by atoms with E-state index in [0.717, 1.165) is 3.57 Å². The molecule has 0 fully saturated rings. The van der Waals surface area contributed by atoms with Gasteiger partial charge in [0.25, 0.3) is 11.8 Å². The van der Waals surface area contributed by atoms with Gasteiger partial charge in [-0.05, 0) is 59.0 Å². The number of nitrogens with one attached hydrogen (secondary N) is 3. The van der Waals surface area contributed by atoms with Crippen LogP contribution in [0, 0.1) is 3.57 Å². The molecule has 0 radical (unpaired) electrons. The van der Waals surface area contributed by atoms with E-state index in [1.54, 1.807) is 30.3 Å². The first kappa shape index (κ1) is 18.9. The van der Waals surface area contributed by atoms with E-state index >= 15 is 0 Å². The van der Waals surface area contributed by atoms with E-state index < -0.39 is 0 Å². The molecule has 2 aromatic carbocycles. The Hall–Kier alpha value is -2.42. The largest absolute Gasteiger partial charge is 0.355 e. The number of hydrogen-bond donors (Lipinski definition) is 3. The molecule has 0 atom stereocenters. The van der Waals surface area contributed by atoms with Crippen molar-refractivity contribution in [2.75, 3.05) is 18.4 Å². The van der Waals surface area contributed by atoms with Crippen LogP contribution in [-0.4, -0.2) is 30.8 Å². The van der Waals surface area contributed by atoms with Gasteiger partial charge >= 0.3 is 0 Å². The quantitative estimate of drug-likeness (QED) is 0.466. The molecule has 0 aliphatic heterocycles. The Morgan fingerprint density at radius 1 is 0.880 bits per heavy atom. The molecule has 0 bridgehead atoms. The normalized spacial score (nSPS) is 10.0. The number of benzene rings is 2. The second-order valence-electron chi connectivity index (χ2n) is 5.25. The third-order valence-electron chi connectivity index (χ3n) is 3.31. The van der Waals surface area contributed by atoms with Crippen LogP contribution in [0.3, 0.4) is 0 Å². The van der Waals surface area contributed by atoms with Crippen molar-refractivity contribution in [2.24, 2.45) is 0 Å². The minimum Gasteiger partial charge on any atom is -0.355 e. The summed E-state index contributed by atoms with van der Waals surface area (Å²) in [4.78, 5) is 35.0. The van der Waals surface area contributed by atoms with Gasteiger partial charge in [0.15, 0.2) is 0 Å². The molecule has 0 saturated carbocycles. The maximum absolute atomic E-state index is 12.3. The zero-order valence-electron chi connectivity index (χ0n) is 13.6. The van der Waals surface area contributed by atoms with Crippen LogP contribution in [0.5, 0.6) is 0 Å². The van der Waals surface area contributed by atoms with Crippen LogP contribution in [0.25, 0.3) is 0 Å². The molecule has 0 aromatic heterocycles. The van der Waals surface area contributed by atoms with Crippen molar-refractivity contribution < 1.29 is 14.4 Å². The minimum absolute atomic E-state index is 0.137. The van der Waals surface area contributed by atoms with E-state index in [4.69, 9.17) is 0 Å². The van der Waals surface area contributed by atoms with Crippen molar-refractivity contribution in [1.82, 2.24) is 10.6 Å². The second kappa shape index (κ2) is 9.16. The molecule has 6 nitrogen and oxygen atoms in total. The Morgan fingerprint density at radius 3 is 2.16 bits per heavy atom. The van der Waals surface area contributed by atoms with Crippen LogP contribution in [0.15, 0.2) is 48.5 Å². The van der Waals surface area contributed by atoms with Gasteiger partial charge < -0.3 is 16.0 Å². The summed E-state index contributed by atoms with van der Waals surface area (Å²) in [7, 11) is 0. The Balaban J connectivity index is 1.91. The molecule has 3 N–H and O–H groups in total. The van der Waals surface area contributed by atoms with E-state index in [1.807, 2.05) is 18.2 Å². The summed E-state index contributed by atoms with van der Waals surface area (Å²) < 4.78 is 0.868. The number of amides is 3. The molecule has 0 spiro atoms. The van der Waals surface area contributed by atoms with Gasteiger partial charge in [-0.25, -0.2) is 0 Å². The Bertz CT molecular complexity index is 775. The third kappa shape index (κ3) is 5.86. The zero-order chi connectivity index (χ0) is 18.2. The molecular formula is C18H18IN3O3. The van der Waals surface area contributed by atoms with Crippen molar-refractivity contribution in [2.45, 2.75) is 6.92 Å². The summed E-state index contributed by atoms with van der Waals surface area (Å²) >= 11 is 2.11. The first-order chi connectivity index (χ1) is 12.0. The highest BCUT2D eigenvalue weighted by atomic mass is 127. The summed E-state index contributed by atoms with van der Waals surface area (Å²) in [6.45, 7) is 2.15. The van der Waals surface area contributed by atoms with Crippen molar-refractivity contribution in [1.29, 1.82) is 0 Å². The lowest BCUT2D eigenvalue weighted by atomic mass is 10.1. The van der Waals surface area contributed by atoms with E-state index in [2.05, 4.69) is 38.5 Å². The molecule has 25 heavy (non-hydrogen) atoms. The van der Waals surface area contributed by atoms with Gasteiger partial charge in [0.05, 0.1) is 5.56 Å². The highest BCUT2D eigenvalue weighted by Crippen LogP contribution is 2.15. The smallest absolute Gasteiger partial charge is 0.256 e. The Labute approximate surface area is 159 Å². The lowest BCUT2D eigenvalue weighted by molar-refractivity contribution is -0.118. The fourth-order valence-corrected chi connectivity index (χ4v) is 2.70. The highest BCUT2D eigenvalue weighted by Gasteiger charge is 2.10. The fourth-order valence-electron chi connectivity index (χ4n) is 2.07. The molecule has 2 rings (SSSR count). The topological polar surface area (TPSA) is 87.3 Å². The van der Waals surface area contributed by atoms with E-state index in [9.17, 15) is 14.4 Å². The fraction of sp³-hybridized carbons (Fsp3) is 0.167. The molecule has 0 aliphatic rings. The summed E-state index contributed by atoms with van der Waals surface area (Å²) in [6.07, 6.45) is 0. The zero-order valence-corrected chi connectivity index (χ0v) is 15.8. The molecule has 3 amide bonds. The number of anilines is 1. The van der Waals surface area contributed by atoms with Gasteiger partial charge in [-0.2, -0.15) is 0 Å². The maximum atomic E-state index is 12.3. The number of carbonyl (C=O) groups is 3. The van der Waals surface area contributed by atoms with Gasteiger partial charge in [0, 0.05) is 34.8 Å². The SMILES string of the molecule is CC(=O)NCCNC(=O)c1ccc(NC(=O)c2ccccc2I)cc1. The highest BCUT2D eigenvalue weighted by molar-refractivity contribution is 14.1. The van der Waals surface area contributed by atoms with Crippen LogP contribution < -0.4 is 16.0 Å². The average Bonchev–Trinajstić information content (AvgIpc) is 2.59. The van der Waals surface area contributed by atoms with Crippen molar-refractivity contribution in [3.8, 4) is 0 Å². The monoisotopic (exact) mass is 451 g/mol. The van der Waals surface area contributed by atoms with Crippen LogP contribution in [0.4, 0.5) is 5.69 Å². The summed E-state index contributed by atoms with van der Waals surface area (Å²) in [5.41, 5.74) is 1.69.